The number of phenolic OH excluding ortho intramolecular Hbond substituents is 1. The smallest absolute Gasteiger partial charge is 0.162 e. The standard InChI is InChI=1S/C17H12N2O2/c18-10-15-14(6-3-7-19-15)11-21-17-9-13-5-2-1-4-12(13)8-16(17)20/h1-9,20H,11H2. The van der Waals surface area contributed by atoms with E-state index >= 15 is 0 Å². The summed E-state index contributed by atoms with van der Waals surface area (Å²) in [6.07, 6.45) is 1.57. The number of aromatic hydroxyl groups is 1. The summed E-state index contributed by atoms with van der Waals surface area (Å²) >= 11 is 0. The fraction of sp³-hybridized carbons (Fsp3) is 0.0588. The highest BCUT2D eigenvalue weighted by molar-refractivity contribution is 5.85. The van der Waals surface area contributed by atoms with E-state index in [1.165, 1.54) is 0 Å². The van der Waals surface area contributed by atoms with Gasteiger partial charge < -0.3 is 9.84 Å². The summed E-state index contributed by atoms with van der Waals surface area (Å²) in [5.41, 5.74) is 1.02. The number of hydrogen-bond donors (Lipinski definition) is 1. The van der Waals surface area contributed by atoms with Crippen LogP contribution >= 0.6 is 0 Å². The second-order valence-electron chi connectivity index (χ2n) is 4.58. The van der Waals surface area contributed by atoms with E-state index in [9.17, 15) is 5.11 Å². The van der Waals surface area contributed by atoms with Gasteiger partial charge in [0, 0.05) is 11.8 Å². The highest BCUT2D eigenvalue weighted by Crippen LogP contribution is 2.31. The predicted molar refractivity (Wildman–Crippen MR) is 78.9 cm³/mol. The lowest BCUT2D eigenvalue weighted by atomic mass is 10.1. The zero-order chi connectivity index (χ0) is 14.7. The number of nitrogens with zero attached hydrogens (tertiary/aromatic N) is 2. The van der Waals surface area contributed by atoms with Crippen molar-refractivity contribution in [2.75, 3.05) is 0 Å². The van der Waals surface area contributed by atoms with Crippen molar-refractivity contribution < 1.29 is 9.84 Å². The molecule has 1 heterocycles. The molecule has 1 N–H and O–H groups in total. The van der Waals surface area contributed by atoms with Gasteiger partial charge in [0.1, 0.15) is 18.4 Å². The van der Waals surface area contributed by atoms with Crippen LogP contribution in [-0.4, -0.2) is 10.1 Å². The van der Waals surface area contributed by atoms with Crippen LogP contribution in [0.25, 0.3) is 10.8 Å². The second kappa shape index (κ2) is 5.51. The number of hydrogen-bond acceptors (Lipinski definition) is 4. The first-order valence-electron chi connectivity index (χ1n) is 6.46. The highest BCUT2D eigenvalue weighted by atomic mass is 16.5. The lowest BCUT2D eigenvalue weighted by Gasteiger charge is -2.10. The van der Waals surface area contributed by atoms with Gasteiger partial charge in [-0.05, 0) is 29.0 Å². The van der Waals surface area contributed by atoms with Gasteiger partial charge in [-0.1, -0.05) is 30.3 Å². The van der Waals surface area contributed by atoms with E-state index in [2.05, 4.69) is 4.98 Å². The highest BCUT2D eigenvalue weighted by Gasteiger charge is 2.07. The van der Waals surface area contributed by atoms with Crippen molar-refractivity contribution in [2.45, 2.75) is 6.61 Å². The summed E-state index contributed by atoms with van der Waals surface area (Å²) in [5, 5.41) is 20.9. The van der Waals surface area contributed by atoms with Crippen LogP contribution in [0, 0.1) is 11.3 Å². The summed E-state index contributed by atoms with van der Waals surface area (Å²) in [5.74, 6) is 0.470. The topological polar surface area (TPSA) is 66.1 Å². The van der Waals surface area contributed by atoms with Gasteiger partial charge in [0.15, 0.2) is 11.5 Å². The average Bonchev–Trinajstić information content (AvgIpc) is 2.53. The molecular weight excluding hydrogens is 264 g/mol. The molecule has 0 aliphatic carbocycles. The minimum atomic E-state index is 0.0797. The van der Waals surface area contributed by atoms with E-state index in [1.807, 2.05) is 30.3 Å². The molecule has 0 saturated heterocycles. The Morgan fingerprint density at radius 2 is 1.86 bits per heavy atom. The van der Waals surface area contributed by atoms with Crippen molar-refractivity contribution in [1.29, 1.82) is 5.26 Å². The Bertz CT molecular complexity index is 838. The number of fused-ring (bicyclic) bond motifs is 1. The van der Waals surface area contributed by atoms with Crippen molar-refractivity contribution in [3.63, 3.8) is 0 Å². The number of ether oxygens (including phenoxy) is 1. The van der Waals surface area contributed by atoms with E-state index in [-0.39, 0.29) is 12.4 Å². The number of pyridine rings is 1. The van der Waals surface area contributed by atoms with Gasteiger partial charge in [-0.15, -0.1) is 0 Å². The van der Waals surface area contributed by atoms with Crippen LogP contribution in [0.2, 0.25) is 0 Å². The van der Waals surface area contributed by atoms with Gasteiger partial charge in [-0.2, -0.15) is 5.26 Å². The van der Waals surface area contributed by atoms with Crippen LogP contribution in [0.3, 0.4) is 0 Å². The Kier molecular flexibility index (Phi) is 3.40. The summed E-state index contributed by atoms with van der Waals surface area (Å²) in [6.45, 7) is 0.183. The largest absolute Gasteiger partial charge is 0.504 e. The number of nitriles is 1. The molecule has 0 aliphatic rings. The molecule has 0 atom stereocenters. The molecule has 3 aromatic rings. The second-order valence-corrected chi connectivity index (χ2v) is 4.58. The molecule has 0 unspecified atom stereocenters. The minimum absolute atomic E-state index is 0.0797. The Hall–Kier alpha value is -3.06. The molecule has 21 heavy (non-hydrogen) atoms. The first kappa shape index (κ1) is 12.9. The number of aromatic nitrogens is 1. The Labute approximate surface area is 121 Å². The summed E-state index contributed by atoms with van der Waals surface area (Å²) < 4.78 is 5.63. The lowest BCUT2D eigenvalue weighted by Crippen LogP contribution is -2.00. The Morgan fingerprint density at radius 1 is 1.10 bits per heavy atom. The monoisotopic (exact) mass is 276 g/mol. The Morgan fingerprint density at radius 3 is 2.62 bits per heavy atom. The molecule has 1 aromatic heterocycles. The van der Waals surface area contributed by atoms with Crippen molar-refractivity contribution in [3.8, 4) is 17.6 Å². The van der Waals surface area contributed by atoms with Crippen LogP contribution in [0.4, 0.5) is 0 Å². The van der Waals surface area contributed by atoms with E-state index in [4.69, 9.17) is 10.00 Å². The van der Waals surface area contributed by atoms with Crippen LogP contribution in [0.5, 0.6) is 11.5 Å². The summed E-state index contributed by atoms with van der Waals surface area (Å²) in [6, 6.07) is 16.7. The molecule has 102 valence electrons. The molecular formula is C17H12N2O2. The number of rotatable bonds is 3. The molecule has 0 saturated carbocycles. The van der Waals surface area contributed by atoms with E-state index < -0.39 is 0 Å². The number of benzene rings is 2. The van der Waals surface area contributed by atoms with Crippen LogP contribution < -0.4 is 4.74 Å². The molecule has 3 rings (SSSR count). The number of phenols is 1. The van der Waals surface area contributed by atoms with Gasteiger partial charge >= 0.3 is 0 Å². The third kappa shape index (κ3) is 2.63. The fourth-order valence-corrected chi connectivity index (χ4v) is 2.13. The normalized spacial score (nSPS) is 10.2. The van der Waals surface area contributed by atoms with Crippen molar-refractivity contribution in [2.24, 2.45) is 0 Å². The van der Waals surface area contributed by atoms with E-state index in [1.54, 1.807) is 30.5 Å². The molecule has 0 fully saturated rings. The van der Waals surface area contributed by atoms with Gasteiger partial charge in [-0.25, -0.2) is 4.98 Å². The average molecular weight is 276 g/mol. The van der Waals surface area contributed by atoms with Crippen molar-refractivity contribution in [1.82, 2.24) is 4.98 Å². The Balaban J connectivity index is 1.88. The minimum Gasteiger partial charge on any atom is -0.504 e. The molecule has 2 aromatic carbocycles. The first-order chi connectivity index (χ1) is 10.3. The zero-order valence-electron chi connectivity index (χ0n) is 11.2. The maximum Gasteiger partial charge on any atom is 0.162 e. The van der Waals surface area contributed by atoms with Crippen molar-refractivity contribution in [3.05, 3.63) is 66.0 Å². The van der Waals surface area contributed by atoms with E-state index in [0.717, 1.165) is 10.8 Å². The zero-order valence-corrected chi connectivity index (χ0v) is 11.2. The maximum atomic E-state index is 10.0. The van der Waals surface area contributed by atoms with Gasteiger partial charge in [0.2, 0.25) is 0 Å². The summed E-state index contributed by atoms with van der Waals surface area (Å²) in [7, 11) is 0. The SMILES string of the molecule is N#Cc1ncccc1COc1cc2ccccc2cc1O. The van der Waals surface area contributed by atoms with Crippen LogP contribution in [0.15, 0.2) is 54.7 Å². The molecule has 4 nitrogen and oxygen atoms in total. The third-order valence-corrected chi connectivity index (χ3v) is 3.21. The van der Waals surface area contributed by atoms with Gasteiger partial charge in [0.25, 0.3) is 0 Å². The predicted octanol–water partition coefficient (Wildman–Crippen LogP) is 3.39. The molecule has 0 spiro atoms. The lowest BCUT2D eigenvalue weighted by molar-refractivity contribution is 0.289. The summed E-state index contributed by atoms with van der Waals surface area (Å²) in [4.78, 5) is 3.98. The van der Waals surface area contributed by atoms with Crippen LogP contribution in [-0.2, 0) is 6.61 Å². The molecule has 0 radical (unpaired) electrons. The first-order valence-corrected chi connectivity index (χ1v) is 6.46. The maximum absolute atomic E-state index is 10.0. The van der Waals surface area contributed by atoms with Crippen LogP contribution in [0.1, 0.15) is 11.3 Å². The third-order valence-electron chi connectivity index (χ3n) is 3.21. The van der Waals surface area contributed by atoms with Gasteiger partial charge in [0.05, 0.1) is 0 Å². The quantitative estimate of drug-likeness (QED) is 0.796. The molecule has 4 heteroatoms. The fourth-order valence-electron chi connectivity index (χ4n) is 2.13. The van der Waals surface area contributed by atoms with E-state index in [0.29, 0.717) is 17.0 Å². The van der Waals surface area contributed by atoms with Gasteiger partial charge in [-0.3, -0.25) is 0 Å². The molecule has 0 amide bonds. The molecule has 0 bridgehead atoms. The molecule has 0 aliphatic heterocycles. The van der Waals surface area contributed by atoms with Crippen molar-refractivity contribution >= 4 is 10.8 Å².